The van der Waals surface area contributed by atoms with Crippen molar-refractivity contribution >= 4 is 6.21 Å². The highest BCUT2D eigenvalue weighted by atomic mass is 14.3. The van der Waals surface area contributed by atoms with E-state index in [1.54, 1.807) is 0 Å². The molecule has 0 aliphatic heterocycles. The second-order valence-electron chi connectivity index (χ2n) is 2.95. The van der Waals surface area contributed by atoms with Crippen molar-refractivity contribution in [3.8, 4) is 0 Å². The van der Waals surface area contributed by atoms with E-state index >= 15 is 0 Å². The lowest BCUT2D eigenvalue weighted by atomic mass is 10.0. The molecule has 0 bridgehead atoms. The molecule has 1 rings (SSSR count). The maximum Gasteiger partial charge on any atom is 0.0253 e. The Morgan fingerprint density at radius 3 is 2.43 bits per heavy atom. The molecule has 0 aliphatic rings. The van der Waals surface area contributed by atoms with Gasteiger partial charge >= 0.3 is 0 Å². The number of aryl methyl sites for hydroxylation is 1. The van der Waals surface area contributed by atoms with Crippen LogP contribution in [0, 0.1) is 5.41 Å². The molecule has 14 heavy (non-hydrogen) atoms. The first-order valence-corrected chi connectivity index (χ1v) is 5.47. The van der Waals surface area contributed by atoms with E-state index in [1.165, 1.54) is 24.6 Å². The van der Waals surface area contributed by atoms with Gasteiger partial charge in [-0.25, -0.2) is 0 Å². The van der Waals surface area contributed by atoms with E-state index in [-0.39, 0.29) is 0 Å². The lowest BCUT2D eigenvalue weighted by molar-refractivity contribution is 0.794. The van der Waals surface area contributed by atoms with Gasteiger partial charge in [-0.3, -0.25) is 0 Å². The molecule has 0 aromatic heterocycles. The van der Waals surface area contributed by atoms with Crippen molar-refractivity contribution in [2.24, 2.45) is 0 Å². The molecule has 0 aliphatic carbocycles. The number of unbranched alkanes of at least 4 members (excludes halogenated alkanes) is 1. The summed E-state index contributed by atoms with van der Waals surface area (Å²) in [6.07, 6.45) is 4.96. The number of benzene rings is 1. The van der Waals surface area contributed by atoms with Gasteiger partial charge in [0.15, 0.2) is 0 Å². The van der Waals surface area contributed by atoms with E-state index in [0.717, 1.165) is 12.0 Å². The van der Waals surface area contributed by atoms with Crippen LogP contribution in [0.25, 0.3) is 0 Å². The Bertz CT molecular complexity index is 253. The Hall–Kier alpha value is -1.11. The zero-order valence-corrected chi connectivity index (χ0v) is 9.51. The summed E-state index contributed by atoms with van der Waals surface area (Å²) in [5.74, 6) is 0. The predicted molar refractivity (Wildman–Crippen MR) is 64.3 cm³/mol. The van der Waals surface area contributed by atoms with E-state index in [9.17, 15) is 0 Å². The molecule has 0 saturated heterocycles. The molecule has 0 fully saturated rings. The minimum atomic E-state index is 1.06. The van der Waals surface area contributed by atoms with Gasteiger partial charge in [0.1, 0.15) is 0 Å². The summed E-state index contributed by atoms with van der Waals surface area (Å²) in [6, 6.07) is 8.13. The van der Waals surface area contributed by atoms with Crippen LogP contribution in [0.3, 0.4) is 0 Å². The first-order valence-electron chi connectivity index (χ1n) is 5.47. The smallest absolute Gasteiger partial charge is 0.0253 e. The fourth-order valence-corrected chi connectivity index (χ4v) is 1.27. The Morgan fingerprint density at radius 1 is 1.21 bits per heavy atom. The topological polar surface area (TPSA) is 23.9 Å². The van der Waals surface area contributed by atoms with Crippen LogP contribution in [0.2, 0.25) is 0 Å². The number of nitrogens with one attached hydrogen (secondary N) is 1. The molecule has 1 aromatic rings. The van der Waals surface area contributed by atoms with Gasteiger partial charge < -0.3 is 5.41 Å². The highest BCUT2D eigenvalue weighted by molar-refractivity contribution is 5.79. The summed E-state index contributed by atoms with van der Waals surface area (Å²) in [6.45, 7) is 6.19. The fourth-order valence-electron chi connectivity index (χ4n) is 1.27. The molecule has 0 radical (unpaired) electrons. The number of rotatable bonds is 4. The standard InChI is InChI=1S/C11H15N.C2H6/c1-2-3-6-10-7-4-5-8-11(10)9-12;1-2/h4-5,7-9,12H,2-3,6H2,1H3;1-2H3. The van der Waals surface area contributed by atoms with Crippen LogP contribution in [0.1, 0.15) is 44.7 Å². The van der Waals surface area contributed by atoms with Crippen molar-refractivity contribution in [2.75, 3.05) is 0 Å². The lowest BCUT2D eigenvalue weighted by Gasteiger charge is -2.02. The van der Waals surface area contributed by atoms with Gasteiger partial charge in [-0.2, -0.15) is 0 Å². The minimum absolute atomic E-state index is 1.06. The van der Waals surface area contributed by atoms with Crippen molar-refractivity contribution < 1.29 is 0 Å². The van der Waals surface area contributed by atoms with Crippen LogP contribution >= 0.6 is 0 Å². The Balaban J connectivity index is 0.000000791. The van der Waals surface area contributed by atoms with Crippen molar-refractivity contribution in [2.45, 2.75) is 40.0 Å². The molecule has 0 amide bonds. The average Bonchev–Trinajstić information content (AvgIpc) is 2.29. The zero-order chi connectivity index (χ0) is 10.8. The molecule has 0 unspecified atom stereocenters. The van der Waals surface area contributed by atoms with Gasteiger partial charge in [-0.05, 0) is 24.0 Å². The van der Waals surface area contributed by atoms with Crippen molar-refractivity contribution in [3.63, 3.8) is 0 Å². The molecule has 78 valence electrons. The van der Waals surface area contributed by atoms with Gasteiger partial charge in [0.05, 0.1) is 0 Å². The van der Waals surface area contributed by atoms with Crippen LogP contribution < -0.4 is 0 Å². The van der Waals surface area contributed by atoms with Crippen LogP contribution in [0.4, 0.5) is 0 Å². The molecule has 1 aromatic carbocycles. The first-order chi connectivity index (χ1) is 6.88. The highest BCUT2D eigenvalue weighted by Crippen LogP contribution is 2.09. The molecule has 0 spiro atoms. The summed E-state index contributed by atoms with van der Waals surface area (Å²) in [5, 5.41) is 7.20. The van der Waals surface area contributed by atoms with Gasteiger partial charge in [0.2, 0.25) is 0 Å². The SMILES string of the molecule is CC.CCCCc1ccccc1C=N. The Kier molecular flexibility index (Phi) is 7.81. The maximum atomic E-state index is 7.20. The Morgan fingerprint density at radius 2 is 1.86 bits per heavy atom. The molecule has 0 heterocycles. The molecule has 1 heteroatoms. The predicted octanol–water partition coefficient (Wildman–Crippen LogP) is 4.05. The van der Waals surface area contributed by atoms with Gasteiger partial charge in [0, 0.05) is 6.21 Å². The zero-order valence-electron chi connectivity index (χ0n) is 9.51. The quantitative estimate of drug-likeness (QED) is 0.694. The summed E-state index contributed by atoms with van der Waals surface area (Å²) in [7, 11) is 0. The minimum Gasteiger partial charge on any atom is -0.308 e. The second-order valence-corrected chi connectivity index (χ2v) is 2.95. The van der Waals surface area contributed by atoms with Crippen molar-refractivity contribution in [3.05, 3.63) is 35.4 Å². The third-order valence-electron chi connectivity index (χ3n) is 2.01. The third-order valence-corrected chi connectivity index (χ3v) is 2.01. The van der Waals surface area contributed by atoms with Crippen molar-refractivity contribution in [1.29, 1.82) is 5.41 Å². The molecule has 1 N–H and O–H groups in total. The average molecular weight is 191 g/mol. The van der Waals surface area contributed by atoms with Crippen LogP contribution in [-0.2, 0) is 6.42 Å². The molecule has 1 nitrogen and oxygen atoms in total. The summed E-state index contributed by atoms with van der Waals surface area (Å²) in [4.78, 5) is 0. The van der Waals surface area contributed by atoms with Crippen LogP contribution in [0.15, 0.2) is 24.3 Å². The highest BCUT2D eigenvalue weighted by Gasteiger charge is 1.96. The van der Waals surface area contributed by atoms with Gasteiger partial charge in [-0.1, -0.05) is 51.5 Å². The maximum absolute atomic E-state index is 7.20. The fraction of sp³-hybridized carbons (Fsp3) is 0.462. The van der Waals surface area contributed by atoms with Crippen molar-refractivity contribution in [1.82, 2.24) is 0 Å². The van der Waals surface area contributed by atoms with Gasteiger partial charge in [-0.15, -0.1) is 0 Å². The van der Waals surface area contributed by atoms with Crippen LogP contribution in [0.5, 0.6) is 0 Å². The monoisotopic (exact) mass is 191 g/mol. The van der Waals surface area contributed by atoms with E-state index in [0.29, 0.717) is 0 Å². The summed E-state index contributed by atoms with van der Waals surface area (Å²) >= 11 is 0. The molecular formula is C13H21N. The number of hydrogen-bond donors (Lipinski definition) is 1. The molecule has 0 atom stereocenters. The van der Waals surface area contributed by atoms with E-state index in [4.69, 9.17) is 5.41 Å². The van der Waals surface area contributed by atoms with E-state index < -0.39 is 0 Å². The van der Waals surface area contributed by atoms with Crippen LogP contribution in [-0.4, -0.2) is 6.21 Å². The summed E-state index contributed by atoms with van der Waals surface area (Å²) in [5.41, 5.74) is 2.36. The first kappa shape index (κ1) is 12.9. The normalized spacial score (nSPS) is 8.79. The molecule has 0 saturated carbocycles. The molecular weight excluding hydrogens is 170 g/mol. The van der Waals surface area contributed by atoms with E-state index in [2.05, 4.69) is 13.0 Å². The number of hydrogen-bond acceptors (Lipinski definition) is 1. The largest absolute Gasteiger partial charge is 0.308 e. The third kappa shape index (κ3) is 4.22. The Labute approximate surface area is 87.7 Å². The lowest BCUT2D eigenvalue weighted by Crippen LogP contribution is -1.91. The summed E-state index contributed by atoms with van der Waals surface area (Å²) < 4.78 is 0. The second kappa shape index (κ2) is 8.49. The van der Waals surface area contributed by atoms with Gasteiger partial charge in [0.25, 0.3) is 0 Å². The van der Waals surface area contributed by atoms with E-state index in [1.807, 2.05) is 32.0 Å².